The van der Waals surface area contributed by atoms with Gasteiger partial charge in [-0.3, -0.25) is 9.69 Å². The number of carbonyl (C=O) groups excluding carboxylic acids is 2. The Kier molecular flexibility index (Phi) is 4.47. The third-order valence-electron chi connectivity index (χ3n) is 4.87. The van der Waals surface area contributed by atoms with Gasteiger partial charge in [-0.25, -0.2) is 14.2 Å². The lowest BCUT2D eigenvalue weighted by Gasteiger charge is -2.22. The molecule has 1 aromatic heterocycles. The van der Waals surface area contributed by atoms with Gasteiger partial charge in [0.05, 0.1) is 12.2 Å². The van der Waals surface area contributed by atoms with Gasteiger partial charge in [-0.15, -0.1) is 11.3 Å². The van der Waals surface area contributed by atoms with E-state index in [9.17, 15) is 14.0 Å². The van der Waals surface area contributed by atoms with Crippen LogP contribution in [0.3, 0.4) is 0 Å². The van der Waals surface area contributed by atoms with Crippen molar-refractivity contribution in [2.45, 2.75) is 25.9 Å². The normalized spacial score (nSPS) is 19.2. The first-order valence-corrected chi connectivity index (χ1v) is 9.66. The maximum atomic E-state index is 13.1. The Morgan fingerprint density at radius 3 is 2.46 bits per heavy atom. The third kappa shape index (κ3) is 3.18. The minimum absolute atomic E-state index is 0.0871. The van der Waals surface area contributed by atoms with Crippen LogP contribution in [0.5, 0.6) is 0 Å². The molecule has 28 heavy (non-hydrogen) atoms. The number of imide groups is 1. The molecular weight excluding hydrogens is 377 g/mol. The summed E-state index contributed by atoms with van der Waals surface area (Å²) in [5, 5.41) is 5.32. The number of aryl methyl sites for hydroxylation is 1. The highest BCUT2D eigenvalue weighted by Gasteiger charge is 2.49. The lowest BCUT2D eigenvalue weighted by Crippen LogP contribution is -2.40. The molecule has 0 spiro atoms. The van der Waals surface area contributed by atoms with Crippen molar-refractivity contribution in [3.8, 4) is 10.6 Å². The number of hydrogen-bond donors (Lipinski definition) is 1. The van der Waals surface area contributed by atoms with E-state index in [0.717, 1.165) is 16.7 Å². The van der Waals surface area contributed by atoms with Crippen molar-refractivity contribution in [2.24, 2.45) is 0 Å². The average molecular weight is 395 g/mol. The number of thiazole rings is 1. The summed E-state index contributed by atoms with van der Waals surface area (Å²) >= 11 is 1.39. The number of rotatable bonds is 4. The maximum Gasteiger partial charge on any atom is 0.325 e. The fraction of sp³-hybridized carbons (Fsp3) is 0.190. The minimum atomic E-state index is -1.10. The Morgan fingerprint density at radius 1 is 1.11 bits per heavy atom. The van der Waals surface area contributed by atoms with Crippen molar-refractivity contribution in [1.29, 1.82) is 0 Å². The molecule has 0 aliphatic carbocycles. The molecule has 2 aromatic carbocycles. The van der Waals surface area contributed by atoms with Crippen LogP contribution in [0, 0.1) is 12.7 Å². The molecule has 2 heterocycles. The van der Waals surface area contributed by atoms with Gasteiger partial charge in [0.2, 0.25) is 0 Å². The average Bonchev–Trinajstić information content (AvgIpc) is 3.22. The van der Waals surface area contributed by atoms with E-state index in [2.05, 4.69) is 10.3 Å². The lowest BCUT2D eigenvalue weighted by atomic mass is 9.91. The Morgan fingerprint density at radius 2 is 1.79 bits per heavy atom. The van der Waals surface area contributed by atoms with Crippen LogP contribution in [0.25, 0.3) is 10.6 Å². The van der Waals surface area contributed by atoms with Crippen LogP contribution in [0.4, 0.5) is 9.18 Å². The van der Waals surface area contributed by atoms with Crippen LogP contribution in [-0.2, 0) is 16.9 Å². The summed E-state index contributed by atoms with van der Waals surface area (Å²) in [4.78, 5) is 31.2. The fourth-order valence-electron chi connectivity index (χ4n) is 3.19. The van der Waals surface area contributed by atoms with Crippen LogP contribution in [0.1, 0.15) is 23.7 Å². The van der Waals surface area contributed by atoms with Crippen LogP contribution in [0.15, 0.2) is 53.9 Å². The molecular formula is C21H18FN3O2S. The van der Waals surface area contributed by atoms with E-state index in [4.69, 9.17) is 0 Å². The van der Waals surface area contributed by atoms with Crippen molar-refractivity contribution < 1.29 is 14.0 Å². The van der Waals surface area contributed by atoms with Gasteiger partial charge in [0.15, 0.2) is 0 Å². The Labute approximate surface area is 165 Å². The Hall–Kier alpha value is -3.06. The maximum absolute atomic E-state index is 13.1. The number of nitrogens with one attached hydrogen (secondary N) is 1. The number of amides is 3. The third-order valence-corrected chi connectivity index (χ3v) is 5.81. The van der Waals surface area contributed by atoms with Crippen LogP contribution in [0.2, 0.25) is 0 Å². The Bertz CT molecular complexity index is 1050. The molecule has 0 saturated carbocycles. The number of benzene rings is 2. The van der Waals surface area contributed by atoms with Gasteiger partial charge in [0.1, 0.15) is 16.4 Å². The predicted molar refractivity (Wildman–Crippen MR) is 105 cm³/mol. The molecule has 3 amide bonds. The quantitative estimate of drug-likeness (QED) is 0.673. The highest BCUT2D eigenvalue weighted by Crippen LogP contribution is 2.31. The van der Waals surface area contributed by atoms with E-state index >= 15 is 0 Å². The smallest absolute Gasteiger partial charge is 0.319 e. The largest absolute Gasteiger partial charge is 0.325 e. The molecule has 3 aromatic rings. The molecule has 1 N–H and O–H groups in total. The minimum Gasteiger partial charge on any atom is -0.319 e. The summed E-state index contributed by atoms with van der Waals surface area (Å²) in [5.41, 5.74) is 2.13. The monoisotopic (exact) mass is 395 g/mol. The zero-order valence-corrected chi connectivity index (χ0v) is 16.2. The second kappa shape index (κ2) is 6.83. The molecule has 5 nitrogen and oxygen atoms in total. The number of nitrogens with zero attached hydrogens (tertiary/aromatic N) is 2. The molecule has 4 rings (SSSR count). The highest BCUT2D eigenvalue weighted by atomic mass is 32.1. The molecule has 0 radical (unpaired) electrons. The number of aromatic nitrogens is 1. The first kappa shape index (κ1) is 18.3. The number of halogens is 1. The van der Waals surface area contributed by atoms with Crippen LogP contribution >= 0.6 is 11.3 Å². The van der Waals surface area contributed by atoms with Gasteiger partial charge < -0.3 is 5.32 Å². The molecule has 1 fully saturated rings. The number of carbonyl (C=O) groups is 2. The summed E-state index contributed by atoms with van der Waals surface area (Å²) in [6, 6.07) is 13.2. The second-order valence-electron chi connectivity index (χ2n) is 6.96. The second-order valence-corrected chi connectivity index (χ2v) is 7.82. The van der Waals surface area contributed by atoms with Crippen molar-refractivity contribution in [3.63, 3.8) is 0 Å². The van der Waals surface area contributed by atoms with Gasteiger partial charge in [0, 0.05) is 10.9 Å². The number of hydrogen-bond acceptors (Lipinski definition) is 4. The molecule has 0 unspecified atom stereocenters. The topological polar surface area (TPSA) is 62.3 Å². The van der Waals surface area contributed by atoms with Gasteiger partial charge in [-0.05, 0) is 43.7 Å². The standard InChI is InChI=1S/C21H18FN3O2S/c1-13-3-7-15(8-4-13)21(2)19(26)25(20(27)24-21)11-17-12-28-18(23-17)14-5-9-16(22)10-6-14/h3-10,12H,11H2,1-2H3,(H,24,27)/t21-/m0/s1. The fourth-order valence-corrected chi connectivity index (χ4v) is 4.01. The van der Waals surface area contributed by atoms with E-state index in [1.54, 1.807) is 24.4 Å². The van der Waals surface area contributed by atoms with Crippen LogP contribution < -0.4 is 5.32 Å². The van der Waals surface area contributed by atoms with Crippen molar-refractivity contribution >= 4 is 23.3 Å². The summed E-state index contributed by atoms with van der Waals surface area (Å²) in [7, 11) is 0. The van der Waals surface area contributed by atoms with E-state index in [1.165, 1.54) is 28.4 Å². The summed E-state index contributed by atoms with van der Waals surface area (Å²) in [6.45, 7) is 3.76. The van der Waals surface area contributed by atoms with Gasteiger partial charge in [0.25, 0.3) is 5.91 Å². The SMILES string of the molecule is Cc1ccc([C@]2(C)NC(=O)N(Cc3csc(-c4ccc(F)cc4)n3)C2=O)cc1. The zero-order valence-electron chi connectivity index (χ0n) is 15.4. The molecule has 7 heteroatoms. The van der Waals surface area contributed by atoms with E-state index in [0.29, 0.717) is 10.7 Å². The van der Waals surface area contributed by atoms with E-state index in [1.807, 2.05) is 31.2 Å². The molecule has 0 bridgehead atoms. The highest BCUT2D eigenvalue weighted by molar-refractivity contribution is 7.13. The van der Waals surface area contributed by atoms with Crippen molar-refractivity contribution in [3.05, 3.63) is 76.5 Å². The van der Waals surface area contributed by atoms with Crippen LogP contribution in [-0.4, -0.2) is 21.8 Å². The molecule has 1 atom stereocenters. The van der Waals surface area contributed by atoms with Crippen molar-refractivity contribution in [1.82, 2.24) is 15.2 Å². The Balaban J connectivity index is 1.55. The first-order valence-electron chi connectivity index (χ1n) is 8.78. The zero-order chi connectivity index (χ0) is 19.9. The van der Waals surface area contributed by atoms with E-state index < -0.39 is 11.6 Å². The first-order chi connectivity index (χ1) is 13.4. The molecule has 1 aliphatic heterocycles. The van der Waals surface area contributed by atoms with Gasteiger partial charge >= 0.3 is 6.03 Å². The molecule has 1 aliphatic rings. The van der Waals surface area contributed by atoms with Gasteiger partial charge in [-0.1, -0.05) is 29.8 Å². The lowest BCUT2D eigenvalue weighted by molar-refractivity contribution is -0.131. The predicted octanol–water partition coefficient (Wildman–Crippen LogP) is 4.22. The number of urea groups is 1. The summed E-state index contributed by atoms with van der Waals surface area (Å²) in [6.07, 6.45) is 0. The van der Waals surface area contributed by atoms with Crippen molar-refractivity contribution in [2.75, 3.05) is 0 Å². The van der Waals surface area contributed by atoms with Gasteiger partial charge in [-0.2, -0.15) is 0 Å². The molecule has 1 saturated heterocycles. The van der Waals surface area contributed by atoms with E-state index in [-0.39, 0.29) is 18.3 Å². The summed E-state index contributed by atoms with van der Waals surface area (Å²) in [5.74, 6) is -0.618. The summed E-state index contributed by atoms with van der Waals surface area (Å²) < 4.78 is 13.1. The molecule has 142 valence electrons.